The van der Waals surface area contributed by atoms with Crippen molar-refractivity contribution in [1.82, 2.24) is 20.3 Å². The topological polar surface area (TPSA) is 75.0 Å². The molecule has 1 aliphatic carbocycles. The number of aromatic nitrogens is 3. The largest absolute Gasteiger partial charge is 0.356 e. The Kier molecular flexibility index (Phi) is 3.24. The summed E-state index contributed by atoms with van der Waals surface area (Å²) in [6.07, 6.45) is 6.02. The lowest BCUT2D eigenvalue weighted by Gasteiger charge is -2.32. The fourth-order valence-corrected chi connectivity index (χ4v) is 3.30. The lowest BCUT2D eigenvalue weighted by molar-refractivity contribution is -0.133. The van der Waals surface area contributed by atoms with E-state index >= 15 is 0 Å². The van der Waals surface area contributed by atoms with Crippen molar-refractivity contribution >= 4 is 5.91 Å². The van der Waals surface area contributed by atoms with Crippen molar-refractivity contribution in [3.63, 3.8) is 0 Å². The normalized spacial score (nSPS) is 22.0. The van der Waals surface area contributed by atoms with E-state index in [1.807, 2.05) is 17.9 Å². The van der Waals surface area contributed by atoms with Gasteiger partial charge in [-0.05, 0) is 32.6 Å². The van der Waals surface area contributed by atoms with E-state index < -0.39 is 0 Å². The van der Waals surface area contributed by atoms with Crippen LogP contribution in [0.5, 0.6) is 0 Å². The summed E-state index contributed by atoms with van der Waals surface area (Å²) in [7, 11) is 0. The first-order chi connectivity index (χ1) is 10.7. The van der Waals surface area contributed by atoms with E-state index in [0.29, 0.717) is 11.8 Å². The third kappa shape index (κ3) is 2.42. The number of H-pyrrole nitrogens is 1. The van der Waals surface area contributed by atoms with Crippen LogP contribution in [0.2, 0.25) is 0 Å². The molecule has 1 atom stereocenters. The molecule has 1 amide bonds. The second-order valence-electron chi connectivity index (χ2n) is 6.43. The SMILES string of the molecule is Cc1cc(-c2cn[nH]c2C2CCCN(C(=O)C3CC3)C2)on1. The number of rotatable bonds is 3. The van der Waals surface area contributed by atoms with E-state index in [1.165, 1.54) is 0 Å². The van der Waals surface area contributed by atoms with Crippen LogP contribution in [0, 0.1) is 12.8 Å². The number of hydrogen-bond acceptors (Lipinski definition) is 4. The number of aromatic amines is 1. The Balaban J connectivity index is 1.56. The van der Waals surface area contributed by atoms with Gasteiger partial charge >= 0.3 is 0 Å². The molecule has 2 aliphatic rings. The molecular weight excluding hydrogens is 280 g/mol. The minimum atomic E-state index is 0.289. The van der Waals surface area contributed by atoms with Crippen LogP contribution in [0.15, 0.2) is 16.8 Å². The zero-order chi connectivity index (χ0) is 15.1. The second-order valence-corrected chi connectivity index (χ2v) is 6.43. The fraction of sp³-hybridized carbons (Fsp3) is 0.562. The zero-order valence-electron chi connectivity index (χ0n) is 12.7. The highest BCUT2D eigenvalue weighted by atomic mass is 16.5. The lowest BCUT2D eigenvalue weighted by atomic mass is 9.91. The number of nitrogens with one attached hydrogen (secondary N) is 1. The molecule has 1 N–H and O–H groups in total. The van der Waals surface area contributed by atoms with Gasteiger partial charge in [-0.1, -0.05) is 5.16 Å². The highest BCUT2D eigenvalue weighted by molar-refractivity contribution is 5.81. The summed E-state index contributed by atoms with van der Waals surface area (Å²) in [5.74, 6) is 1.66. The summed E-state index contributed by atoms with van der Waals surface area (Å²) in [4.78, 5) is 14.3. The minimum Gasteiger partial charge on any atom is -0.356 e. The third-order valence-electron chi connectivity index (χ3n) is 4.63. The Morgan fingerprint density at radius 3 is 3.00 bits per heavy atom. The molecular formula is C16H20N4O2. The highest BCUT2D eigenvalue weighted by Crippen LogP contribution is 2.36. The van der Waals surface area contributed by atoms with Gasteiger partial charge in [0.1, 0.15) is 0 Å². The van der Waals surface area contributed by atoms with Crippen LogP contribution in [0.1, 0.15) is 43.0 Å². The third-order valence-corrected chi connectivity index (χ3v) is 4.63. The predicted octanol–water partition coefficient (Wildman–Crippen LogP) is 2.49. The van der Waals surface area contributed by atoms with Crippen molar-refractivity contribution in [3.8, 4) is 11.3 Å². The maximum absolute atomic E-state index is 12.3. The molecule has 3 heterocycles. The summed E-state index contributed by atoms with van der Waals surface area (Å²) in [5.41, 5.74) is 2.88. The zero-order valence-corrected chi connectivity index (χ0v) is 12.7. The molecule has 6 nitrogen and oxygen atoms in total. The van der Waals surface area contributed by atoms with Gasteiger partial charge in [0.2, 0.25) is 5.91 Å². The van der Waals surface area contributed by atoms with Gasteiger partial charge in [-0.2, -0.15) is 5.10 Å². The molecule has 0 radical (unpaired) electrons. The van der Waals surface area contributed by atoms with Gasteiger partial charge in [-0.25, -0.2) is 0 Å². The smallest absolute Gasteiger partial charge is 0.225 e. The van der Waals surface area contributed by atoms with Crippen LogP contribution in [0.25, 0.3) is 11.3 Å². The molecule has 4 rings (SSSR count). The molecule has 1 saturated heterocycles. The van der Waals surface area contributed by atoms with Crippen LogP contribution in [-0.4, -0.2) is 39.3 Å². The van der Waals surface area contributed by atoms with Gasteiger partial charge in [0.05, 0.1) is 23.1 Å². The van der Waals surface area contributed by atoms with Crippen molar-refractivity contribution < 1.29 is 9.32 Å². The standard InChI is InChI=1S/C16H20N4O2/c1-10-7-14(22-19-10)13-8-17-18-15(13)12-3-2-6-20(9-12)16(21)11-4-5-11/h7-8,11-12H,2-6,9H2,1H3,(H,17,18). The monoisotopic (exact) mass is 300 g/mol. The molecule has 1 aliphatic heterocycles. The van der Waals surface area contributed by atoms with E-state index in [4.69, 9.17) is 4.52 Å². The lowest BCUT2D eigenvalue weighted by Crippen LogP contribution is -2.40. The molecule has 0 spiro atoms. The van der Waals surface area contributed by atoms with E-state index in [-0.39, 0.29) is 5.92 Å². The summed E-state index contributed by atoms with van der Waals surface area (Å²) in [5, 5.41) is 11.2. The fourth-order valence-electron chi connectivity index (χ4n) is 3.30. The Morgan fingerprint density at radius 2 is 2.27 bits per heavy atom. The Hall–Kier alpha value is -2.11. The molecule has 116 valence electrons. The summed E-state index contributed by atoms with van der Waals surface area (Å²) in [6.45, 7) is 3.57. The molecule has 0 aromatic carbocycles. The number of carbonyl (C=O) groups excluding carboxylic acids is 1. The van der Waals surface area contributed by atoms with Crippen molar-refractivity contribution in [2.75, 3.05) is 13.1 Å². The average Bonchev–Trinajstić information content (AvgIpc) is 3.11. The van der Waals surface area contributed by atoms with E-state index in [2.05, 4.69) is 15.4 Å². The highest BCUT2D eigenvalue weighted by Gasteiger charge is 2.36. The van der Waals surface area contributed by atoms with Crippen molar-refractivity contribution in [3.05, 3.63) is 23.7 Å². The van der Waals surface area contributed by atoms with Crippen LogP contribution in [0.3, 0.4) is 0 Å². The van der Waals surface area contributed by atoms with Gasteiger partial charge in [-0.15, -0.1) is 0 Å². The number of aryl methyl sites for hydroxylation is 1. The number of amides is 1. The van der Waals surface area contributed by atoms with Crippen LogP contribution < -0.4 is 0 Å². The Bertz CT molecular complexity index is 686. The summed E-state index contributed by atoms with van der Waals surface area (Å²) in [6, 6.07) is 1.92. The van der Waals surface area contributed by atoms with Crippen molar-refractivity contribution in [2.24, 2.45) is 5.92 Å². The molecule has 22 heavy (non-hydrogen) atoms. The summed E-state index contributed by atoms with van der Waals surface area (Å²) >= 11 is 0. The van der Waals surface area contributed by atoms with Crippen LogP contribution in [0.4, 0.5) is 0 Å². The van der Waals surface area contributed by atoms with Crippen LogP contribution >= 0.6 is 0 Å². The van der Waals surface area contributed by atoms with Gasteiger partial charge < -0.3 is 9.42 Å². The predicted molar refractivity (Wildman–Crippen MR) is 80.1 cm³/mol. The number of nitrogens with zero attached hydrogens (tertiary/aromatic N) is 3. The average molecular weight is 300 g/mol. The quantitative estimate of drug-likeness (QED) is 0.945. The number of piperidine rings is 1. The first kappa shape index (κ1) is 13.5. The molecule has 0 bridgehead atoms. The van der Waals surface area contributed by atoms with Gasteiger partial charge in [0, 0.05) is 31.0 Å². The van der Waals surface area contributed by atoms with Gasteiger partial charge in [0.25, 0.3) is 0 Å². The number of carbonyl (C=O) groups is 1. The first-order valence-corrected chi connectivity index (χ1v) is 7.98. The molecule has 2 aromatic heterocycles. The molecule has 1 unspecified atom stereocenters. The molecule has 6 heteroatoms. The van der Waals surface area contributed by atoms with Crippen molar-refractivity contribution in [1.29, 1.82) is 0 Å². The van der Waals surface area contributed by atoms with Gasteiger partial charge in [0.15, 0.2) is 5.76 Å². The Morgan fingerprint density at radius 1 is 1.41 bits per heavy atom. The Labute approximate surface area is 128 Å². The van der Waals surface area contributed by atoms with Crippen molar-refractivity contribution in [2.45, 2.75) is 38.5 Å². The molecule has 2 fully saturated rings. The van der Waals surface area contributed by atoms with E-state index in [9.17, 15) is 4.79 Å². The number of hydrogen-bond donors (Lipinski definition) is 1. The first-order valence-electron chi connectivity index (χ1n) is 7.98. The maximum Gasteiger partial charge on any atom is 0.225 e. The molecule has 1 saturated carbocycles. The van der Waals surface area contributed by atoms with Gasteiger partial charge in [-0.3, -0.25) is 9.89 Å². The maximum atomic E-state index is 12.3. The van der Waals surface area contributed by atoms with E-state index in [1.54, 1.807) is 6.20 Å². The van der Waals surface area contributed by atoms with E-state index in [0.717, 1.165) is 61.5 Å². The molecule has 2 aromatic rings. The summed E-state index contributed by atoms with van der Waals surface area (Å²) < 4.78 is 5.37. The second kappa shape index (κ2) is 5.26. The number of likely N-dealkylation sites (tertiary alicyclic amines) is 1. The minimum absolute atomic E-state index is 0.289. The van der Waals surface area contributed by atoms with Crippen LogP contribution in [-0.2, 0) is 4.79 Å².